The van der Waals surface area contributed by atoms with Gasteiger partial charge in [-0.1, -0.05) is 36.4 Å². The van der Waals surface area contributed by atoms with Gasteiger partial charge in [0.15, 0.2) is 0 Å². The van der Waals surface area contributed by atoms with E-state index >= 15 is 0 Å². The smallest absolute Gasteiger partial charge is 0.123 e. The molecule has 0 aliphatic carbocycles. The number of piperidine rings is 1. The molecule has 0 radical (unpaired) electrons. The van der Waals surface area contributed by atoms with Crippen LogP contribution in [-0.2, 0) is 6.54 Å². The van der Waals surface area contributed by atoms with Crippen molar-refractivity contribution in [3.63, 3.8) is 0 Å². The highest BCUT2D eigenvalue weighted by molar-refractivity contribution is 7.13. The maximum Gasteiger partial charge on any atom is 0.123 e. The second-order valence-electron chi connectivity index (χ2n) is 6.08. The van der Waals surface area contributed by atoms with Crippen molar-refractivity contribution in [2.24, 2.45) is 0 Å². The van der Waals surface area contributed by atoms with Gasteiger partial charge in [-0.25, -0.2) is 4.98 Å². The normalized spacial score (nSPS) is 16.7. The Morgan fingerprint density at radius 1 is 1.00 bits per heavy atom. The first-order valence-corrected chi connectivity index (χ1v) is 9.90. The van der Waals surface area contributed by atoms with Crippen molar-refractivity contribution in [3.8, 4) is 10.6 Å². The Morgan fingerprint density at radius 2 is 1.83 bits per heavy atom. The number of nitrogens with zero attached hydrogens (tertiary/aromatic N) is 2. The van der Waals surface area contributed by atoms with Gasteiger partial charge in [-0.3, -0.25) is 4.90 Å². The molecule has 118 valence electrons. The lowest BCUT2D eigenvalue weighted by Gasteiger charge is -2.30. The van der Waals surface area contributed by atoms with E-state index in [0.29, 0.717) is 0 Å². The number of likely N-dealkylation sites (tertiary alicyclic amines) is 1. The molecule has 2 aromatic heterocycles. The van der Waals surface area contributed by atoms with E-state index in [1.165, 1.54) is 37.2 Å². The number of thiazole rings is 1. The second kappa shape index (κ2) is 6.95. The molecule has 1 aliphatic rings. The monoisotopic (exact) mass is 340 g/mol. The second-order valence-corrected chi connectivity index (χ2v) is 7.91. The van der Waals surface area contributed by atoms with Crippen LogP contribution in [0.25, 0.3) is 10.6 Å². The van der Waals surface area contributed by atoms with Crippen molar-refractivity contribution >= 4 is 22.7 Å². The average Bonchev–Trinajstić information content (AvgIpc) is 3.28. The Bertz CT molecular complexity index is 726. The fourth-order valence-electron chi connectivity index (χ4n) is 3.22. The van der Waals surface area contributed by atoms with Crippen LogP contribution in [0.4, 0.5) is 0 Å². The van der Waals surface area contributed by atoms with Gasteiger partial charge in [0.05, 0.1) is 5.69 Å². The number of aromatic nitrogens is 1. The van der Waals surface area contributed by atoms with E-state index in [4.69, 9.17) is 4.98 Å². The van der Waals surface area contributed by atoms with Crippen LogP contribution in [0.1, 0.15) is 29.3 Å². The molecule has 3 heterocycles. The molecule has 0 atom stereocenters. The first-order valence-electron chi connectivity index (χ1n) is 8.14. The largest absolute Gasteiger partial charge is 0.297 e. The summed E-state index contributed by atoms with van der Waals surface area (Å²) in [4.78, 5) is 8.93. The van der Waals surface area contributed by atoms with Crippen LogP contribution in [0, 0.1) is 0 Å². The summed E-state index contributed by atoms with van der Waals surface area (Å²) < 4.78 is 0. The number of rotatable bonds is 4. The first kappa shape index (κ1) is 15.1. The molecule has 0 unspecified atom stereocenters. The minimum atomic E-state index is 0.765. The Hall–Kier alpha value is -1.49. The Labute approximate surface area is 145 Å². The zero-order chi connectivity index (χ0) is 15.5. The molecule has 0 spiro atoms. The Morgan fingerprint density at radius 3 is 2.57 bits per heavy atom. The lowest BCUT2D eigenvalue weighted by molar-refractivity contribution is 0.204. The van der Waals surface area contributed by atoms with Gasteiger partial charge in [-0.15, -0.1) is 22.7 Å². The molecule has 0 amide bonds. The summed E-state index contributed by atoms with van der Waals surface area (Å²) in [5, 5.41) is 5.55. The third kappa shape index (κ3) is 3.55. The van der Waals surface area contributed by atoms with Gasteiger partial charge >= 0.3 is 0 Å². The van der Waals surface area contributed by atoms with Crippen molar-refractivity contribution in [2.75, 3.05) is 13.1 Å². The molecule has 4 rings (SSSR count). The third-order valence-electron chi connectivity index (χ3n) is 4.49. The molecule has 4 heteroatoms. The summed E-state index contributed by atoms with van der Waals surface area (Å²) in [7, 11) is 0. The Kier molecular flexibility index (Phi) is 4.55. The maximum absolute atomic E-state index is 4.82. The quantitative estimate of drug-likeness (QED) is 0.645. The van der Waals surface area contributed by atoms with Gasteiger partial charge in [-0.2, -0.15) is 0 Å². The summed E-state index contributed by atoms with van der Waals surface area (Å²) in [6.45, 7) is 3.35. The van der Waals surface area contributed by atoms with Crippen LogP contribution < -0.4 is 0 Å². The minimum Gasteiger partial charge on any atom is -0.297 e. The fourth-order valence-corrected chi connectivity index (χ4v) is 4.94. The van der Waals surface area contributed by atoms with Gasteiger partial charge in [0.2, 0.25) is 0 Å². The third-order valence-corrected chi connectivity index (χ3v) is 6.47. The first-order chi connectivity index (χ1) is 11.4. The summed E-state index contributed by atoms with van der Waals surface area (Å²) >= 11 is 3.66. The van der Waals surface area contributed by atoms with Gasteiger partial charge in [-0.05, 0) is 43.3 Å². The number of hydrogen-bond donors (Lipinski definition) is 0. The van der Waals surface area contributed by atoms with Crippen molar-refractivity contribution < 1.29 is 0 Å². The summed E-state index contributed by atoms with van der Waals surface area (Å²) in [6, 6.07) is 14.9. The van der Waals surface area contributed by atoms with E-state index < -0.39 is 0 Å². The fraction of sp³-hybridized carbons (Fsp3) is 0.316. The van der Waals surface area contributed by atoms with Crippen LogP contribution in [-0.4, -0.2) is 23.0 Å². The zero-order valence-corrected chi connectivity index (χ0v) is 14.7. The van der Waals surface area contributed by atoms with Crippen LogP contribution in [0.15, 0.2) is 53.2 Å². The van der Waals surface area contributed by atoms with E-state index in [1.807, 2.05) is 11.3 Å². The molecule has 1 aromatic carbocycles. The van der Waals surface area contributed by atoms with Gasteiger partial charge < -0.3 is 0 Å². The zero-order valence-electron chi connectivity index (χ0n) is 13.0. The topological polar surface area (TPSA) is 16.1 Å². The minimum absolute atomic E-state index is 0.765. The van der Waals surface area contributed by atoms with E-state index in [-0.39, 0.29) is 0 Å². The molecule has 3 aromatic rings. The molecule has 0 saturated carbocycles. The lowest BCUT2D eigenvalue weighted by atomic mass is 9.95. The van der Waals surface area contributed by atoms with Crippen LogP contribution in [0.5, 0.6) is 0 Å². The van der Waals surface area contributed by atoms with Crippen molar-refractivity contribution in [3.05, 3.63) is 63.8 Å². The van der Waals surface area contributed by atoms with E-state index in [2.05, 4.69) is 58.1 Å². The Balaban J connectivity index is 1.36. The molecule has 23 heavy (non-hydrogen) atoms. The van der Waals surface area contributed by atoms with Crippen LogP contribution in [0.2, 0.25) is 0 Å². The maximum atomic E-state index is 4.82. The van der Waals surface area contributed by atoms with Crippen LogP contribution >= 0.6 is 22.7 Å². The molecule has 2 nitrogen and oxygen atoms in total. The van der Waals surface area contributed by atoms with Gasteiger partial charge in [0.25, 0.3) is 0 Å². The van der Waals surface area contributed by atoms with E-state index in [9.17, 15) is 0 Å². The molecular formula is C19H20N2S2. The average molecular weight is 341 g/mol. The molecular weight excluding hydrogens is 320 g/mol. The molecule has 1 aliphatic heterocycles. The van der Waals surface area contributed by atoms with E-state index in [1.54, 1.807) is 16.2 Å². The predicted octanol–water partition coefficient (Wildman–Crippen LogP) is 5.25. The molecule has 0 N–H and O–H groups in total. The number of thiophene rings is 1. The molecule has 1 fully saturated rings. The predicted molar refractivity (Wildman–Crippen MR) is 99.1 cm³/mol. The van der Waals surface area contributed by atoms with Crippen molar-refractivity contribution in [2.45, 2.75) is 25.3 Å². The highest BCUT2D eigenvalue weighted by Gasteiger charge is 2.21. The molecule has 1 saturated heterocycles. The van der Waals surface area contributed by atoms with Crippen LogP contribution in [0.3, 0.4) is 0 Å². The van der Waals surface area contributed by atoms with Gasteiger partial charge in [0.1, 0.15) is 5.01 Å². The summed E-state index contributed by atoms with van der Waals surface area (Å²) in [5.41, 5.74) is 2.43. The highest BCUT2D eigenvalue weighted by atomic mass is 32.1. The number of benzene rings is 1. The van der Waals surface area contributed by atoms with Gasteiger partial charge in [0, 0.05) is 22.4 Å². The summed E-state index contributed by atoms with van der Waals surface area (Å²) in [5.74, 6) is 0.765. The molecule has 0 bridgehead atoms. The number of hydrogen-bond acceptors (Lipinski definition) is 4. The lowest BCUT2D eigenvalue weighted by Crippen LogP contribution is -2.32. The highest BCUT2D eigenvalue weighted by Crippen LogP contribution is 2.32. The standard InChI is InChI=1S/C19H20N2S2/c1-2-5-16(6-3-1)19-20-17(14-23-19)13-21-10-8-15(9-11-21)18-7-4-12-22-18/h1-7,12,14-15H,8-11,13H2. The van der Waals surface area contributed by atoms with E-state index in [0.717, 1.165) is 17.5 Å². The summed E-state index contributed by atoms with van der Waals surface area (Å²) in [6.07, 6.45) is 2.55. The van der Waals surface area contributed by atoms with Crippen molar-refractivity contribution in [1.29, 1.82) is 0 Å². The van der Waals surface area contributed by atoms with Crippen molar-refractivity contribution in [1.82, 2.24) is 9.88 Å². The SMILES string of the molecule is c1ccc(-c2nc(CN3CCC(c4cccs4)CC3)cs2)cc1.